The zero-order chi connectivity index (χ0) is 17.2. The number of halogens is 3. The van der Waals surface area contributed by atoms with Gasteiger partial charge in [-0.2, -0.15) is 13.2 Å². The van der Waals surface area contributed by atoms with Gasteiger partial charge in [-0.3, -0.25) is 9.59 Å². The number of Topliss-reactive ketones (excluding diaryl/α,β-unsaturated/α-hetero) is 1. The van der Waals surface area contributed by atoms with Crippen molar-refractivity contribution in [3.63, 3.8) is 0 Å². The number of carbonyl (C=O) groups is 2. The third kappa shape index (κ3) is 3.88. The Morgan fingerprint density at radius 2 is 1.65 bits per heavy atom. The van der Waals surface area contributed by atoms with Gasteiger partial charge in [-0.15, -0.1) is 0 Å². The molecule has 120 valence electrons. The minimum absolute atomic E-state index is 0.171. The third-order valence-electron chi connectivity index (χ3n) is 3.10. The molecule has 0 fully saturated rings. The van der Waals surface area contributed by atoms with E-state index in [0.29, 0.717) is 11.6 Å². The van der Waals surface area contributed by atoms with Crippen LogP contribution in [0.1, 0.15) is 33.2 Å². The lowest BCUT2D eigenvalue weighted by Crippen LogP contribution is -2.18. The SMILES string of the molecule is CC(=O)c1ccc(NC(=O)c2cc(O)ccc2C(F)(F)F)cc1. The Hall–Kier alpha value is -2.83. The van der Waals surface area contributed by atoms with Crippen LogP contribution in [0, 0.1) is 0 Å². The smallest absolute Gasteiger partial charge is 0.417 e. The van der Waals surface area contributed by atoms with Crippen LogP contribution in [0.25, 0.3) is 0 Å². The second kappa shape index (κ2) is 6.12. The summed E-state index contributed by atoms with van der Waals surface area (Å²) in [5.41, 5.74) is -1.19. The van der Waals surface area contributed by atoms with Crippen molar-refractivity contribution >= 4 is 17.4 Å². The molecular formula is C16H12F3NO3. The fourth-order valence-corrected chi connectivity index (χ4v) is 1.95. The number of carbonyl (C=O) groups excluding carboxylic acids is 2. The van der Waals surface area contributed by atoms with Gasteiger partial charge in [0, 0.05) is 11.3 Å². The molecule has 0 saturated carbocycles. The van der Waals surface area contributed by atoms with E-state index >= 15 is 0 Å². The summed E-state index contributed by atoms with van der Waals surface area (Å²) in [6.45, 7) is 1.37. The molecule has 2 aromatic carbocycles. The van der Waals surface area contributed by atoms with Crippen molar-refractivity contribution in [3.05, 3.63) is 59.2 Å². The molecule has 23 heavy (non-hydrogen) atoms. The van der Waals surface area contributed by atoms with Crippen molar-refractivity contribution in [2.75, 3.05) is 5.32 Å². The highest BCUT2D eigenvalue weighted by Gasteiger charge is 2.35. The Morgan fingerprint density at radius 3 is 2.17 bits per heavy atom. The molecule has 0 heterocycles. The van der Waals surface area contributed by atoms with E-state index in [9.17, 15) is 27.9 Å². The van der Waals surface area contributed by atoms with Crippen LogP contribution in [0.3, 0.4) is 0 Å². The Morgan fingerprint density at radius 1 is 1.04 bits per heavy atom. The fraction of sp³-hybridized carbons (Fsp3) is 0.125. The average Bonchev–Trinajstić information content (AvgIpc) is 2.46. The Labute approximate surface area is 129 Å². The van der Waals surface area contributed by atoms with Crippen molar-refractivity contribution in [2.24, 2.45) is 0 Å². The maximum atomic E-state index is 12.9. The van der Waals surface area contributed by atoms with Crippen LogP contribution in [-0.4, -0.2) is 16.8 Å². The number of nitrogens with one attached hydrogen (secondary N) is 1. The van der Waals surface area contributed by atoms with Crippen molar-refractivity contribution in [2.45, 2.75) is 13.1 Å². The molecule has 0 aliphatic carbocycles. The number of benzene rings is 2. The molecule has 2 aromatic rings. The molecule has 0 aromatic heterocycles. The lowest BCUT2D eigenvalue weighted by Gasteiger charge is -2.13. The van der Waals surface area contributed by atoms with Crippen LogP contribution in [0.15, 0.2) is 42.5 Å². The van der Waals surface area contributed by atoms with Gasteiger partial charge in [0.15, 0.2) is 5.78 Å². The van der Waals surface area contributed by atoms with Crippen LogP contribution in [0.5, 0.6) is 5.75 Å². The number of aromatic hydroxyl groups is 1. The average molecular weight is 323 g/mol. The van der Waals surface area contributed by atoms with E-state index in [2.05, 4.69) is 5.32 Å². The summed E-state index contributed by atoms with van der Waals surface area (Å²) in [7, 11) is 0. The molecule has 0 aliphatic rings. The largest absolute Gasteiger partial charge is 0.508 e. The number of amides is 1. The summed E-state index contributed by atoms with van der Waals surface area (Å²) in [6, 6.07) is 7.97. The number of ketones is 1. The molecule has 1 amide bonds. The maximum Gasteiger partial charge on any atom is 0.417 e. The second-order valence-corrected chi connectivity index (χ2v) is 4.82. The summed E-state index contributed by atoms with van der Waals surface area (Å²) in [5, 5.41) is 11.6. The third-order valence-corrected chi connectivity index (χ3v) is 3.10. The molecule has 0 aliphatic heterocycles. The molecular weight excluding hydrogens is 311 g/mol. The molecule has 2 N–H and O–H groups in total. The zero-order valence-electron chi connectivity index (χ0n) is 11.9. The fourth-order valence-electron chi connectivity index (χ4n) is 1.95. The number of anilines is 1. The van der Waals surface area contributed by atoms with E-state index in [1.54, 1.807) is 0 Å². The normalized spacial score (nSPS) is 11.1. The van der Waals surface area contributed by atoms with E-state index in [0.717, 1.165) is 12.1 Å². The lowest BCUT2D eigenvalue weighted by atomic mass is 10.1. The van der Waals surface area contributed by atoms with Crippen LogP contribution >= 0.6 is 0 Å². The highest BCUT2D eigenvalue weighted by atomic mass is 19.4. The zero-order valence-corrected chi connectivity index (χ0v) is 11.9. The van der Waals surface area contributed by atoms with E-state index in [4.69, 9.17) is 0 Å². The molecule has 0 atom stereocenters. The molecule has 7 heteroatoms. The molecule has 2 rings (SSSR count). The van der Waals surface area contributed by atoms with Gasteiger partial charge in [-0.1, -0.05) is 0 Å². The molecule has 4 nitrogen and oxygen atoms in total. The first-order valence-electron chi connectivity index (χ1n) is 6.51. The number of rotatable bonds is 3. The highest BCUT2D eigenvalue weighted by Crippen LogP contribution is 2.34. The predicted octanol–water partition coefficient (Wildman–Crippen LogP) is 3.87. The molecule has 0 bridgehead atoms. The van der Waals surface area contributed by atoms with Gasteiger partial charge < -0.3 is 10.4 Å². The van der Waals surface area contributed by atoms with Crippen LogP contribution in [0.4, 0.5) is 18.9 Å². The lowest BCUT2D eigenvalue weighted by molar-refractivity contribution is -0.137. The Kier molecular flexibility index (Phi) is 4.40. The number of hydrogen-bond acceptors (Lipinski definition) is 3. The van der Waals surface area contributed by atoms with Crippen LogP contribution in [0.2, 0.25) is 0 Å². The highest BCUT2D eigenvalue weighted by molar-refractivity contribution is 6.06. The summed E-state index contributed by atoms with van der Waals surface area (Å²) < 4.78 is 38.8. The first-order valence-corrected chi connectivity index (χ1v) is 6.51. The molecule has 0 radical (unpaired) electrons. The van der Waals surface area contributed by atoms with E-state index in [1.807, 2.05) is 0 Å². The van der Waals surface area contributed by atoms with Crippen LogP contribution < -0.4 is 5.32 Å². The molecule has 0 unspecified atom stereocenters. The van der Waals surface area contributed by atoms with Gasteiger partial charge in [-0.05, 0) is 49.4 Å². The van der Waals surface area contributed by atoms with Crippen molar-refractivity contribution in [3.8, 4) is 5.75 Å². The van der Waals surface area contributed by atoms with E-state index < -0.39 is 29.0 Å². The van der Waals surface area contributed by atoms with Gasteiger partial charge in [0.2, 0.25) is 0 Å². The quantitative estimate of drug-likeness (QED) is 0.843. The minimum atomic E-state index is -4.72. The first kappa shape index (κ1) is 16.5. The summed E-state index contributed by atoms with van der Waals surface area (Å²) >= 11 is 0. The minimum Gasteiger partial charge on any atom is -0.508 e. The number of phenols is 1. The summed E-state index contributed by atoms with van der Waals surface area (Å²) in [6.07, 6.45) is -4.72. The van der Waals surface area contributed by atoms with Crippen molar-refractivity contribution in [1.29, 1.82) is 0 Å². The van der Waals surface area contributed by atoms with E-state index in [1.165, 1.54) is 31.2 Å². The van der Waals surface area contributed by atoms with Crippen molar-refractivity contribution < 1.29 is 27.9 Å². The maximum absolute atomic E-state index is 12.9. The second-order valence-electron chi connectivity index (χ2n) is 4.82. The monoisotopic (exact) mass is 323 g/mol. The summed E-state index contributed by atoms with van der Waals surface area (Å²) in [5.74, 6) is -1.63. The Balaban J connectivity index is 2.30. The van der Waals surface area contributed by atoms with Gasteiger partial charge in [0.05, 0.1) is 11.1 Å². The topological polar surface area (TPSA) is 66.4 Å². The van der Waals surface area contributed by atoms with Gasteiger partial charge in [-0.25, -0.2) is 0 Å². The summed E-state index contributed by atoms with van der Waals surface area (Å²) in [4.78, 5) is 23.2. The van der Waals surface area contributed by atoms with E-state index in [-0.39, 0.29) is 11.5 Å². The van der Waals surface area contributed by atoms with Gasteiger partial charge in [0.1, 0.15) is 5.75 Å². The number of alkyl halides is 3. The van der Waals surface area contributed by atoms with Crippen molar-refractivity contribution in [1.82, 2.24) is 0 Å². The number of phenolic OH excluding ortho intramolecular Hbond substituents is 1. The number of hydrogen-bond donors (Lipinski definition) is 2. The Bertz CT molecular complexity index is 752. The molecule has 0 saturated heterocycles. The first-order chi connectivity index (χ1) is 10.7. The van der Waals surface area contributed by atoms with Gasteiger partial charge in [0.25, 0.3) is 5.91 Å². The standard InChI is InChI=1S/C16H12F3NO3/c1-9(21)10-2-4-11(5-3-10)20-15(23)13-8-12(22)6-7-14(13)16(17,18)19/h2-8,22H,1H3,(H,20,23). The predicted molar refractivity (Wildman–Crippen MR) is 77.5 cm³/mol. The molecule has 0 spiro atoms. The van der Waals surface area contributed by atoms with Gasteiger partial charge >= 0.3 is 6.18 Å². The van der Waals surface area contributed by atoms with Crippen LogP contribution in [-0.2, 0) is 6.18 Å².